The molecule has 0 saturated carbocycles. The van der Waals surface area contributed by atoms with Crippen LogP contribution >= 0.6 is 0 Å². The van der Waals surface area contributed by atoms with Crippen LogP contribution < -0.4 is 0 Å². The number of rotatable bonds is 6. The van der Waals surface area contributed by atoms with Crippen molar-refractivity contribution in [1.29, 1.82) is 10.5 Å². The molecular formula is C14H17N3O. The zero-order valence-corrected chi connectivity index (χ0v) is 10.5. The van der Waals surface area contributed by atoms with Crippen LogP contribution in [0.3, 0.4) is 0 Å². The summed E-state index contributed by atoms with van der Waals surface area (Å²) in [5.74, 6) is 0. The summed E-state index contributed by atoms with van der Waals surface area (Å²) >= 11 is 0. The van der Waals surface area contributed by atoms with Crippen molar-refractivity contribution in [3.8, 4) is 12.1 Å². The minimum atomic E-state index is -0.627. The molecule has 0 radical (unpaired) electrons. The highest BCUT2D eigenvalue weighted by Crippen LogP contribution is 2.15. The lowest BCUT2D eigenvalue weighted by atomic mass is 10.1. The molecule has 0 aromatic heterocycles. The van der Waals surface area contributed by atoms with E-state index in [0.717, 1.165) is 18.5 Å². The molecule has 18 heavy (non-hydrogen) atoms. The zero-order chi connectivity index (χ0) is 13.4. The fourth-order valence-corrected chi connectivity index (χ4v) is 1.78. The molecule has 0 heterocycles. The van der Waals surface area contributed by atoms with Crippen molar-refractivity contribution in [3.05, 3.63) is 35.4 Å². The highest BCUT2D eigenvalue weighted by Gasteiger charge is 2.12. The predicted molar refractivity (Wildman–Crippen MR) is 68.5 cm³/mol. The first-order chi connectivity index (χ1) is 8.71. The summed E-state index contributed by atoms with van der Waals surface area (Å²) in [6.45, 7) is 3.59. The van der Waals surface area contributed by atoms with Gasteiger partial charge >= 0.3 is 0 Å². The van der Waals surface area contributed by atoms with Gasteiger partial charge in [-0.05, 0) is 30.7 Å². The largest absolute Gasteiger partial charge is 0.387 e. The maximum absolute atomic E-state index is 10.1. The molecule has 1 N–H and O–H groups in total. The van der Waals surface area contributed by atoms with Crippen molar-refractivity contribution < 1.29 is 5.11 Å². The summed E-state index contributed by atoms with van der Waals surface area (Å²) in [6, 6.07) is 11.0. The Kier molecular flexibility index (Phi) is 5.87. The van der Waals surface area contributed by atoms with Crippen molar-refractivity contribution in [3.63, 3.8) is 0 Å². The number of aliphatic hydroxyl groups is 1. The topological polar surface area (TPSA) is 71.1 Å². The van der Waals surface area contributed by atoms with Gasteiger partial charge in [0.05, 0.1) is 30.4 Å². The molecule has 1 unspecified atom stereocenters. The number of nitrogens with zero attached hydrogens (tertiary/aromatic N) is 3. The molecular weight excluding hydrogens is 226 g/mol. The van der Waals surface area contributed by atoms with Gasteiger partial charge < -0.3 is 5.11 Å². The lowest BCUT2D eigenvalue weighted by molar-refractivity contribution is 0.120. The highest BCUT2D eigenvalue weighted by molar-refractivity contribution is 5.32. The molecule has 4 nitrogen and oxygen atoms in total. The lowest BCUT2D eigenvalue weighted by Crippen LogP contribution is -2.29. The minimum Gasteiger partial charge on any atom is -0.387 e. The summed E-state index contributed by atoms with van der Waals surface area (Å²) in [5, 5.41) is 27.5. The van der Waals surface area contributed by atoms with E-state index in [4.69, 9.17) is 10.5 Å². The first kappa shape index (κ1) is 14.2. The predicted octanol–water partition coefficient (Wildman–Crippen LogP) is 1.83. The number of benzene rings is 1. The molecule has 0 amide bonds. The molecule has 0 fully saturated rings. The molecule has 0 bridgehead atoms. The van der Waals surface area contributed by atoms with Crippen LogP contribution in [-0.2, 0) is 0 Å². The van der Waals surface area contributed by atoms with Gasteiger partial charge in [-0.1, -0.05) is 19.1 Å². The third-order valence-electron chi connectivity index (χ3n) is 2.69. The number of hydrogen-bond donors (Lipinski definition) is 1. The fraction of sp³-hybridized carbons (Fsp3) is 0.429. The zero-order valence-electron chi connectivity index (χ0n) is 10.5. The Morgan fingerprint density at radius 1 is 1.28 bits per heavy atom. The molecule has 1 atom stereocenters. The second-order valence-corrected chi connectivity index (χ2v) is 4.14. The molecule has 1 aromatic rings. The van der Waals surface area contributed by atoms with Gasteiger partial charge in [-0.2, -0.15) is 10.5 Å². The Balaban J connectivity index is 2.65. The first-order valence-corrected chi connectivity index (χ1v) is 5.98. The maximum Gasteiger partial charge on any atom is 0.0991 e. The maximum atomic E-state index is 10.1. The molecule has 0 saturated heterocycles. The Labute approximate surface area is 108 Å². The van der Waals surface area contributed by atoms with E-state index in [1.54, 1.807) is 24.3 Å². The van der Waals surface area contributed by atoms with Gasteiger partial charge in [0.25, 0.3) is 0 Å². The van der Waals surface area contributed by atoms with Gasteiger partial charge in [0, 0.05) is 6.54 Å². The van der Waals surface area contributed by atoms with Gasteiger partial charge in [-0.25, -0.2) is 0 Å². The van der Waals surface area contributed by atoms with Gasteiger partial charge in [0.1, 0.15) is 0 Å². The summed E-state index contributed by atoms with van der Waals surface area (Å²) in [7, 11) is 0. The summed E-state index contributed by atoms with van der Waals surface area (Å²) in [4.78, 5) is 1.92. The van der Waals surface area contributed by atoms with E-state index >= 15 is 0 Å². The standard InChI is InChI=1S/C14H17N3O/c1-2-8-17(9-7-15)11-14(18)13-5-3-12(10-16)4-6-13/h3-6,14,18H,2,8-9,11H2,1H3. The Hall–Kier alpha value is -1.88. The molecule has 1 aromatic carbocycles. The van der Waals surface area contributed by atoms with Crippen LogP contribution in [0.2, 0.25) is 0 Å². The van der Waals surface area contributed by atoms with E-state index in [1.807, 2.05) is 17.9 Å². The molecule has 0 aliphatic heterocycles. The van der Waals surface area contributed by atoms with E-state index in [0.29, 0.717) is 18.7 Å². The smallest absolute Gasteiger partial charge is 0.0991 e. The summed E-state index contributed by atoms with van der Waals surface area (Å²) in [5.41, 5.74) is 1.35. The SMILES string of the molecule is CCCN(CC#N)CC(O)c1ccc(C#N)cc1. The van der Waals surface area contributed by atoms with Crippen LogP contribution in [0, 0.1) is 22.7 Å². The van der Waals surface area contributed by atoms with Crippen LogP contribution in [0.25, 0.3) is 0 Å². The van der Waals surface area contributed by atoms with Gasteiger partial charge in [-0.3, -0.25) is 4.90 Å². The van der Waals surface area contributed by atoms with Crippen LogP contribution in [0.5, 0.6) is 0 Å². The second kappa shape index (κ2) is 7.45. The monoisotopic (exact) mass is 243 g/mol. The molecule has 1 rings (SSSR count). The Morgan fingerprint density at radius 2 is 1.94 bits per heavy atom. The first-order valence-electron chi connectivity index (χ1n) is 5.98. The van der Waals surface area contributed by atoms with E-state index in [-0.39, 0.29) is 0 Å². The number of aliphatic hydroxyl groups excluding tert-OH is 1. The molecule has 94 valence electrons. The normalized spacial score (nSPS) is 11.8. The third kappa shape index (κ3) is 4.18. The lowest BCUT2D eigenvalue weighted by Gasteiger charge is -2.22. The fourth-order valence-electron chi connectivity index (χ4n) is 1.78. The van der Waals surface area contributed by atoms with Crippen LogP contribution in [0.1, 0.15) is 30.6 Å². The molecule has 0 spiro atoms. The van der Waals surface area contributed by atoms with E-state index in [1.165, 1.54) is 0 Å². The van der Waals surface area contributed by atoms with Gasteiger partial charge in [-0.15, -0.1) is 0 Å². The van der Waals surface area contributed by atoms with E-state index in [2.05, 4.69) is 6.07 Å². The van der Waals surface area contributed by atoms with Crippen molar-refractivity contribution >= 4 is 0 Å². The average molecular weight is 243 g/mol. The quantitative estimate of drug-likeness (QED) is 0.774. The molecule has 0 aliphatic rings. The second-order valence-electron chi connectivity index (χ2n) is 4.14. The minimum absolute atomic E-state index is 0.321. The van der Waals surface area contributed by atoms with Crippen molar-refractivity contribution in [2.45, 2.75) is 19.4 Å². The number of hydrogen-bond acceptors (Lipinski definition) is 4. The third-order valence-corrected chi connectivity index (χ3v) is 2.69. The van der Waals surface area contributed by atoms with Crippen LogP contribution in [-0.4, -0.2) is 29.6 Å². The van der Waals surface area contributed by atoms with E-state index in [9.17, 15) is 5.11 Å². The average Bonchev–Trinajstić information content (AvgIpc) is 2.39. The van der Waals surface area contributed by atoms with Crippen LogP contribution in [0.15, 0.2) is 24.3 Å². The van der Waals surface area contributed by atoms with Gasteiger partial charge in [0.15, 0.2) is 0 Å². The van der Waals surface area contributed by atoms with E-state index < -0.39 is 6.10 Å². The Morgan fingerprint density at radius 3 is 2.44 bits per heavy atom. The summed E-state index contributed by atoms with van der Waals surface area (Å²) < 4.78 is 0. The number of nitriles is 2. The van der Waals surface area contributed by atoms with Crippen molar-refractivity contribution in [1.82, 2.24) is 4.90 Å². The molecule has 0 aliphatic carbocycles. The Bertz CT molecular complexity index is 442. The highest BCUT2D eigenvalue weighted by atomic mass is 16.3. The molecule has 4 heteroatoms. The van der Waals surface area contributed by atoms with Crippen molar-refractivity contribution in [2.24, 2.45) is 0 Å². The van der Waals surface area contributed by atoms with Crippen LogP contribution in [0.4, 0.5) is 0 Å². The van der Waals surface area contributed by atoms with Gasteiger partial charge in [0.2, 0.25) is 0 Å². The van der Waals surface area contributed by atoms with Crippen molar-refractivity contribution in [2.75, 3.05) is 19.6 Å². The summed E-state index contributed by atoms with van der Waals surface area (Å²) in [6.07, 6.45) is 0.319.